The number of carbonyl (C=O) groups excluding carboxylic acids is 2. The van der Waals surface area contributed by atoms with Gasteiger partial charge in [0.2, 0.25) is 11.8 Å². The van der Waals surface area contributed by atoms with Crippen molar-refractivity contribution in [2.45, 2.75) is 25.8 Å². The molecule has 0 aliphatic heterocycles. The van der Waals surface area contributed by atoms with Gasteiger partial charge in [0, 0.05) is 18.7 Å². The summed E-state index contributed by atoms with van der Waals surface area (Å²) in [5, 5.41) is 2.78. The Hall–Kier alpha value is -1.84. The Bertz CT molecular complexity index is 413. The maximum atomic E-state index is 11.8. The molecule has 0 radical (unpaired) electrons. The Morgan fingerprint density at radius 1 is 1.29 bits per heavy atom. The van der Waals surface area contributed by atoms with Crippen molar-refractivity contribution in [1.82, 2.24) is 4.90 Å². The second-order valence-corrected chi connectivity index (χ2v) is 4.29. The van der Waals surface area contributed by atoms with Crippen LogP contribution in [0.15, 0.2) is 30.3 Å². The third-order valence-corrected chi connectivity index (χ3v) is 2.76. The van der Waals surface area contributed by atoms with Crippen LogP contribution in [0.25, 0.3) is 0 Å². The fourth-order valence-electron chi connectivity index (χ4n) is 1.76. The van der Waals surface area contributed by atoms with Crippen LogP contribution in [0.2, 0.25) is 0 Å². The van der Waals surface area contributed by atoms with Crippen molar-refractivity contribution in [1.29, 1.82) is 0 Å². The normalized spacial score (nSPS) is 14.2. The maximum absolute atomic E-state index is 11.8. The quantitative estimate of drug-likeness (QED) is 0.857. The maximum Gasteiger partial charge on any atom is 0.244 e. The van der Waals surface area contributed by atoms with E-state index in [9.17, 15) is 9.59 Å². The van der Waals surface area contributed by atoms with Crippen molar-refractivity contribution in [2.24, 2.45) is 0 Å². The number of rotatable bonds is 4. The Kier molecular flexibility index (Phi) is 3.42. The number of nitrogens with one attached hydrogen (secondary N) is 1. The first-order chi connectivity index (χ1) is 8.16. The molecule has 1 aromatic carbocycles. The molecule has 2 amide bonds. The summed E-state index contributed by atoms with van der Waals surface area (Å²) in [5.41, 5.74) is 0.761. The highest BCUT2D eigenvalue weighted by molar-refractivity contribution is 5.94. The number of para-hydroxylation sites is 1. The van der Waals surface area contributed by atoms with E-state index in [2.05, 4.69) is 5.32 Å². The third-order valence-electron chi connectivity index (χ3n) is 2.76. The molecule has 2 rings (SSSR count). The van der Waals surface area contributed by atoms with E-state index < -0.39 is 0 Å². The summed E-state index contributed by atoms with van der Waals surface area (Å²) < 4.78 is 0. The lowest BCUT2D eigenvalue weighted by molar-refractivity contribution is -0.133. The lowest BCUT2D eigenvalue weighted by atomic mass is 10.3. The van der Waals surface area contributed by atoms with Crippen LogP contribution in [0.5, 0.6) is 0 Å². The van der Waals surface area contributed by atoms with Crippen LogP contribution in [-0.4, -0.2) is 29.3 Å². The zero-order chi connectivity index (χ0) is 12.3. The molecule has 0 heterocycles. The Balaban J connectivity index is 1.90. The third kappa shape index (κ3) is 3.31. The van der Waals surface area contributed by atoms with E-state index in [4.69, 9.17) is 0 Å². The number of nitrogens with zero attached hydrogens (tertiary/aromatic N) is 1. The molecule has 0 bridgehead atoms. The number of carbonyl (C=O) groups is 2. The first kappa shape index (κ1) is 11.6. The average molecular weight is 232 g/mol. The molecule has 90 valence electrons. The zero-order valence-electron chi connectivity index (χ0n) is 9.85. The van der Waals surface area contributed by atoms with Crippen LogP contribution in [-0.2, 0) is 9.59 Å². The van der Waals surface area contributed by atoms with Crippen LogP contribution >= 0.6 is 0 Å². The van der Waals surface area contributed by atoms with Crippen molar-refractivity contribution in [2.75, 3.05) is 11.9 Å². The SMILES string of the molecule is CC(=O)N(CC(=O)Nc1ccccc1)C1CC1. The van der Waals surface area contributed by atoms with E-state index in [-0.39, 0.29) is 24.4 Å². The highest BCUT2D eigenvalue weighted by atomic mass is 16.2. The predicted molar refractivity (Wildman–Crippen MR) is 65.5 cm³/mol. The molecule has 1 aromatic rings. The highest BCUT2D eigenvalue weighted by Crippen LogP contribution is 2.26. The molecule has 0 unspecified atom stereocenters. The largest absolute Gasteiger partial charge is 0.331 e. The summed E-state index contributed by atoms with van der Waals surface area (Å²) in [7, 11) is 0. The van der Waals surface area contributed by atoms with E-state index in [1.54, 1.807) is 4.90 Å². The van der Waals surface area contributed by atoms with Crippen molar-refractivity contribution in [3.05, 3.63) is 30.3 Å². The molecule has 4 nitrogen and oxygen atoms in total. The molecule has 1 saturated carbocycles. The van der Waals surface area contributed by atoms with E-state index in [1.165, 1.54) is 6.92 Å². The second-order valence-electron chi connectivity index (χ2n) is 4.29. The van der Waals surface area contributed by atoms with Gasteiger partial charge in [0.15, 0.2) is 0 Å². The molecule has 0 saturated heterocycles. The minimum atomic E-state index is -0.140. The van der Waals surface area contributed by atoms with Gasteiger partial charge in [-0.05, 0) is 25.0 Å². The van der Waals surface area contributed by atoms with E-state index in [0.29, 0.717) is 0 Å². The van der Waals surface area contributed by atoms with Crippen LogP contribution < -0.4 is 5.32 Å². The van der Waals surface area contributed by atoms with Crippen LogP contribution in [0.4, 0.5) is 5.69 Å². The number of hydrogen-bond donors (Lipinski definition) is 1. The molecule has 1 N–H and O–H groups in total. The van der Waals surface area contributed by atoms with Gasteiger partial charge < -0.3 is 10.2 Å². The molecule has 17 heavy (non-hydrogen) atoms. The van der Waals surface area contributed by atoms with Crippen molar-refractivity contribution in [3.63, 3.8) is 0 Å². The molecule has 0 spiro atoms. The fraction of sp³-hybridized carbons (Fsp3) is 0.385. The van der Waals surface area contributed by atoms with Crippen molar-refractivity contribution < 1.29 is 9.59 Å². The second kappa shape index (κ2) is 4.99. The summed E-state index contributed by atoms with van der Waals surface area (Å²) in [6.45, 7) is 1.66. The first-order valence-electron chi connectivity index (χ1n) is 5.79. The summed E-state index contributed by atoms with van der Waals surface area (Å²) in [6, 6.07) is 9.54. The number of amides is 2. The Labute approximate surface area is 101 Å². The summed E-state index contributed by atoms with van der Waals surface area (Å²) in [6.07, 6.45) is 2.02. The van der Waals surface area contributed by atoms with Crippen LogP contribution in [0.1, 0.15) is 19.8 Å². The lowest BCUT2D eigenvalue weighted by Crippen LogP contribution is -2.38. The number of hydrogen-bond acceptors (Lipinski definition) is 2. The molecular formula is C13H16N2O2. The van der Waals surface area contributed by atoms with Crippen LogP contribution in [0, 0.1) is 0 Å². The van der Waals surface area contributed by atoms with Crippen molar-refractivity contribution >= 4 is 17.5 Å². The van der Waals surface area contributed by atoms with Gasteiger partial charge in [0.25, 0.3) is 0 Å². The topological polar surface area (TPSA) is 49.4 Å². The van der Waals surface area contributed by atoms with Gasteiger partial charge in [-0.2, -0.15) is 0 Å². The predicted octanol–water partition coefficient (Wildman–Crippen LogP) is 1.64. The molecule has 4 heteroatoms. The minimum Gasteiger partial charge on any atom is -0.331 e. The Morgan fingerprint density at radius 3 is 2.47 bits per heavy atom. The van der Waals surface area contributed by atoms with Crippen LogP contribution in [0.3, 0.4) is 0 Å². The minimum absolute atomic E-state index is 0.0317. The molecule has 1 aliphatic rings. The fourth-order valence-corrected chi connectivity index (χ4v) is 1.76. The first-order valence-corrected chi connectivity index (χ1v) is 5.79. The summed E-state index contributed by atoms with van der Waals surface area (Å²) in [4.78, 5) is 24.8. The number of benzene rings is 1. The molecule has 0 aromatic heterocycles. The monoisotopic (exact) mass is 232 g/mol. The van der Waals surface area contributed by atoms with Gasteiger partial charge in [-0.3, -0.25) is 9.59 Å². The van der Waals surface area contributed by atoms with Gasteiger partial charge in [-0.1, -0.05) is 18.2 Å². The highest BCUT2D eigenvalue weighted by Gasteiger charge is 2.31. The van der Waals surface area contributed by atoms with E-state index in [1.807, 2.05) is 30.3 Å². The molecular weight excluding hydrogens is 216 g/mol. The van der Waals surface area contributed by atoms with E-state index in [0.717, 1.165) is 18.5 Å². The van der Waals surface area contributed by atoms with Gasteiger partial charge in [-0.15, -0.1) is 0 Å². The Morgan fingerprint density at radius 2 is 1.94 bits per heavy atom. The lowest BCUT2D eigenvalue weighted by Gasteiger charge is -2.19. The van der Waals surface area contributed by atoms with Gasteiger partial charge >= 0.3 is 0 Å². The van der Waals surface area contributed by atoms with Crippen molar-refractivity contribution in [3.8, 4) is 0 Å². The summed E-state index contributed by atoms with van der Waals surface area (Å²) in [5.74, 6) is -0.172. The standard InChI is InChI=1S/C13H16N2O2/c1-10(16)15(12-7-8-12)9-13(17)14-11-5-3-2-4-6-11/h2-6,12H,7-9H2,1H3,(H,14,17). The van der Waals surface area contributed by atoms with E-state index >= 15 is 0 Å². The van der Waals surface area contributed by atoms with Gasteiger partial charge in [0.1, 0.15) is 6.54 Å². The zero-order valence-corrected chi connectivity index (χ0v) is 9.85. The van der Waals surface area contributed by atoms with Gasteiger partial charge in [0.05, 0.1) is 0 Å². The average Bonchev–Trinajstić information content (AvgIpc) is 3.11. The molecule has 1 fully saturated rings. The molecule has 1 aliphatic carbocycles. The van der Waals surface area contributed by atoms with Gasteiger partial charge in [-0.25, -0.2) is 0 Å². The molecule has 0 atom stereocenters. The number of anilines is 1. The smallest absolute Gasteiger partial charge is 0.244 e. The summed E-state index contributed by atoms with van der Waals surface area (Å²) >= 11 is 0.